The van der Waals surface area contributed by atoms with Crippen molar-refractivity contribution < 1.29 is 4.79 Å². The zero-order chi connectivity index (χ0) is 12.3. The van der Waals surface area contributed by atoms with Gasteiger partial charge in [0.25, 0.3) is 0 Å². The zero-order valence-corrected chi connectivity index (χ0v) is 10.2. The fraction of sp³-hybridized carbons (Fsp3) is 0.667. The molecule has 0 aromatic carbocycles. The van der Waals surface area contributed by atoms with Crippen molar-refractivity contribution in [2.45, 2.75) is 38.1 Å². The van der Waals surface area contributed by atoms with E-state index in [4.69, 9.17) is 5.73 Å². The van der Waals surface area contributed by atoms with E-state index in [1.807, 2.05) is 17.9 Å². The van der Waals surface area contributed by atoms with Gasteiger partial charge in [-0.15, -0.1) is 0 Å². The van der Waals surface area contributed by atoms with Crippen LogP contribution in [0.25, 0.3) is 0 Å². The van der Waals surface area contributed by atoms with Gasteiger partial charge in [0, 0.05) is 30.9 Å². The number of nitrogens with zero attached hydrogens (tertiary/aromatic N) is 2. The average molecular weight is 236 g/mol. The highest BCUT2D eigenvalue weighted by Gasteiger charge is 2.27. The van der Waals surface area contributed by atoms with Crippen LogP contribution in [0.1, 0.15) is 37.8 Å². The van der Waals surface area contributed by atoms with Crippen LogP contribution < -0.4 is 5.73 Å². The van der Waals surface area contributed by atoms with E-state index < -0.39 is 0 Å². The second-order valence-electron chi connectivity index (χ2n) is 4.65. The molecule has 1 saturated heterocycles. The molecule has 2 rings (SSSR count). The number of carbonyl (C=O) groups is 1. The number of likely N-dealkylation sites (tertiary alicyclic amines) is 1. The van der Waals surface area contributed by atoms with Gasteiger partial charge in [0.2, 0.25) is 5.91 Å². The Morgan fingerprint density at radius 2 is 2.59 bits per heavy atom. The molecule has 1 amide bonds. The van der Waals surface area contributed by atoms with E-state index in [0.29, 0.717) is 12.3 Å². The monoisotopic (exact) mass is 236 g/mol. The molecule has 1 aliphatic heterocycles. The van der Waals surface area contributed by atoms with Crippen LogP contribution in [0.5, 0.6) is 0 Å². The predicted octanol–water partition coefficient (Wildman–Crippen LogP) is 0.853. The Morgan fingerprint density at radius 1 is 1.76 bits per heavy atom. The molecule has 0 spiro atoms. The minimum absolute atomic E-state index is 0.0803. The Bertz CT molecular complexity index is 363. The summed E-state index contributed by atoms with van der Waals surface area (Å²) in [6, 6.07) is 1.63. The number of rotatable bonds is 3. The molecule has 1 fully saturated rings. The van der Waals surface area contributed by atoms with Gasteiger partial charge in [-0.3, -0.25) is 9.89 Å². The maximum absolute atomic E-state index is 12.0. The molecular formula is C12H20N4O. The smallest absolute Gasteiger partial charge is 0.239 e. The summed E-state index contributed by atoms with van der Waals surface area (Å²) >= 11 is 0. The SMILES string of the molecule is CC[C@@H](N)C(=O)N1CCCC(c2ccn[nH]2)C1. The van der Waals surface area contributed by atoms with Crippen molar-refractivity contribution in [1.29, 1.82) is 0 Å². The summed E-state index contributed by atoms with van der Waals surface area (Å²) in [6.45, 7) is 3.53. The standard InChI is InChI=1S/C12H20N4O/c1-2-10(13)12(17)16-7-3-4-9(8-16)11-5-6-14-15-11/h5-6,9-10H,2-4,7-8,13H2,1H3,(H,14,15)/t9?,10-/m1/s1. The number of hydrogen-bond acceptors (Lipinski definition) is 3. The molecule has 1 aromatic heterocycles. The van der Waals surface area contributed by atoms with E-state index in [-0.39, 0.29) is 11.9 Å². The fourth-order valence-electron chi connectivity index (χ4n) is 2.33. The third-order valence-electron chi connectivity index (χ3n) is 3.45. The topological polar surface area (TPSA) is 75.0 Å². The Morgan fingerprint density at radius 3 is 3.24 bits per heavy atom. The Hall–Kier alpha value is -1.36. The average Bonchev–Trinajstić information content (AvgIpc) is 2.91. The van der Waals surface area contributed by atoms with Gasteiger partial charge in [-0.05, 0) is 25.3 Å². The molecule has 3 N–H and O–H groups in total. The van der Waals surface area contributed by atoms with E-state index in [9.17, 15) is 4.79 Å². The van der Waals surface area contributed by atoms with Crippen molar-refractivity contribution in [2.75, 3.05) is 13.1 Å². The summed E-state index contributed by atoms with van der Waals surface area (Å²) < 4.78 is 0. The molecule has 94 valence electrons. The fourth-order valence-corrected chi connectivity index (χ4v) is 2.33. The molecule has 1 unspecified atom stereocenters. The number of carbonyl (C=O) groups excluding carboxylic acids is 1. The van der Waals surface area contributed by atoms with Crippen molar-refractivity contribution >= 4 is 5.91 Å². The number of aromatic amines is 1. The van der Waals surface area contributed by atoms with E-state index in [2.05, 4.69) is 10.2 Å². The summed E-state index contributed by atoms with van der Waals surface area (Å²) in [5.74, 6) is 0.455. The van der Waals surface area contributed by atoms with Gasteiger partial charge >= 0.3 is 0 Å². The van der Waals surface area contributed by atoms with Crippen LogP contribution >= 0.6 is 0 Å². The maximum Gasteiger partial charge on any atom is 0.239 e. The number of piperidine rings is 1. The van der Waals surface area contributed by atoms with Crippen LogP contribution in [0.15, 0.2) is 12.3 Å². The van der Waals surface area contributed by atoms with Crippen molar-refractivity contribution in [1.82, 2.24) is 15.1 Å². The third-order valence-corrected chi connectivity index (χ3v) is 3.45. The molecule has 2 atom stereocenters. The number of aromatic nitrogens is 2. The van der Waals surface area contributed by atoms with Gasteiger partial charge in [0.1, 0.15) is 0 Å². The summed E-state index contributed by atoms with van der Waals surface area (Å²) in [5.41, 5.74) is 6.92. The first-order valence-corrected chi connectivity index (χ1v) is 6.26. The van der Waals surface area contributed by atoms with E-state index in [0.717, 1.165) is 31.6 Å². The van der Waals surface area contributed by atoms with Crippen LogP contribution in [0.3, 0.4) is 0 Å². The number of H-pyrrole nitrogens is 1. The first kappa shape index (κ1) is 12.1. The lowest BCUT2D eigenvalue weighted by atomic mass is 9.94. The van der Waals surface area contributed by atoms with Crippen molar-refractivity contribution in [3.8, 4) is 0 Å². The van der Waals surface area contributed by atoms with Crippen molar-refractivity contribution in [2.24, 2.45) is 5.73 Å². The highest BCUT2D eigenvalue weighted by Crippen LogP contribution is 2.25. The predicted molar refractivity (Wildman–Crippen MR) is 65.4 cm³/mol. The summed E-state index contributed by atoms with van der Waals surface area (Å²) in [5, 5.41) is 6.96. The van der Waals surface area contributed by atoms with Crippen LogP contribution in [0.4, 0.5) is 0 Å². The summed E-state index contributed by atoms with van der Waals surface area (Å²) in [7, 11) is 0. The summed E-state index contributed by atoms with van der Waals surface area (Å²) in [6.07, 6.45) is 4.59. The van der Waals surface area contributed by atoms with E-state index in [1.165, 1.54) is 0 Å². The molecule has 5 nitrogen and oxygen atoms in total. The minimum Gasteiger partial charge on any atom is -0.341 e. The Balaban J connectivity index is 2.00. The first-order valence-electron chi connectivity index (χ1n) is 6.26. The van der Waals surface area contributed by atoms with Gasteiger partial charge in [-0.1, -0.05) is 6.92 Å². The second kappa shape index (κ2) is 5.31. The molecule has 5 heteroatoms. The second-order valence-corrected chi connectivity index (χ2v) is 4.65. The molecular weight excluding hydrogens is 216 g/mol. The summed E-state index contributed by atoms with van der Waals surface area (Å²) in [4.78, 5) is 13.9. The molecule has 1 aromatic rings. The van der Waals surface area contributed by atoms with E-state index in [1.54, 1.807) is 6.20 Å². The Labute approximate surface area is 101 Å². The quantitative estimate of drug-likeness (QED) is 0.817. The van der Waals surface area contributed by atoms with Crippen LogP contribution in [-0.4, -0.2) is 40.1 Å². The van der Waals surface area contributed by atoms with Crippen LogP contribution in [0, 0.1) is 0 Å². The highest BCUT2D eigenvalue weighted by molar-refractivity contribution is 5.81. The number of amides is 1. The van der Waals surface area contributed by atoms with Crippen LogP contribution in [0.2, 0.25) is 0 Å². The zero-order valence-electron chi connectivity index (χ0n) is 10.2. The molecule has 0 aliphatic carbocycles. The van der Waals surface area contributed by atoms with Gasteiger partial charge in [0.15, 0.2) is 0 Å². The lowest BCUT2D eigenvalue weighted by Crippen LogP contribution is -2.47. The molecule has 2 heterocycles. The van der Waals surface area contributed by atoms with Gasteiger partial charge in [-0.25, -0.2) is 0 Å². The normalized spacial score (nSPS) is 22.5. The largest absolute Gasteiger partial charge is 0.341 e. The van der Waals surface area contributed by atoms with Gasteiger partial charge < -0.3 is 10.6 Å². The lowest BCUT2D eigenvalue weighted by molar-refractivity contribution is -0.133. The number of nitrogens with two attached hydrogens (primary N) is 1. The van der Waals surface area contributed by atoms with Gasteiger partial charge in [0.05, 0.1) is 6.04 Å². The molecule has 0 radical (unpaired) electrons. The van der Waals surface area contributed by atoms with Crippen molar-refractivity contribution in [3.05, 3.63) is 18.0 Å². The lowest BCUT2D eigenvalue weighted by Gasteiger charge is -2.33. The van der Waals surface area contributed by atoms with Gasteiger partial charge in [-0.2, -0.15) is 5.10 Å². The number of nitrogens with one attached hydrogen (secondary N) is 1. The van der Waals surface area contributed by atoms with E-state index >= 15 is 0 Å². The molecule has 1 aliphatic rings. The first-order chi connectivity index (χ1) is 8.22. The molecule has 0 saturated carbocycles. The maximum atomic E-state index is 12.0. The highest BCUT2D eigenvalue weighted by atomic mass is 16.2. The molecule has 17 heavy (non-hydrogen) atoms. The minimum atomic E-state index is -0.351. The van der Waals surface area contributed by atoms with Crippen molar-refractivity contribution in [3.63, 3.8) is 0 Å². The Kier molecular flexibility index (Phi) is 3.78. The van der Waals surface area contributed by atoms with Crippen LogP contribution in [-0.2, 0) is 4.79 Å². The third kappa shape index (κ3) is 2.66. The molecule has 0 bridgehead atoms. The number of hydrogen-bond donors (Lipinski definition) is 2.